The average molecular weight is 472 g/mol. The Morgan fingerprint density at radius 1 is 0.886 bits per heavy atom. The van der Waals surface area contributed by atoms with E-state index in [9.17, 15) is 14.7 Å². The maximum atomic E-state index is 13.0. The van der Waals surface area contributed by atoms with E-state index >= 15 is 0 Å². The molecule has 1 aliphatic rings. The van der Waals surface area contributed by atoms with E-state index in [1.54, 1.807) is 4.90 Å². The Labute approximate surface area is 207 Å². The number of carbonyl (C=O) groups is 2. The van der Waals surface area contributed by atoms with Gasteiger partial charge in [-0.2, -0.15) is 0 Å². The van der Waals surface area contributed by atoms with Crippen molar-refractivity contribution in [3.8, 4) is 11.1 Å². The molecular formula is C30H33NO4. The summed E-state index contributed by atoms with van der Waals surface area (Å²) < 4.78 is 5.62. The first kappa shape index (κ1) is 24.5. The van der Waals surface area contributed by atoms with Crippen molar-refractivity contribution in [2.24, 2.45) is 11.8 Å². The molecule has 0 saturated carbocycles. The maximum Gasteiger partial charge on any atom is 0.410 e. The summed E-state index contributed by atoms with van der Waals surface area (Å²) in [4.78, 5) is 27.1. The number of likely N-dealkylation sites (tertiary alicyclic amines) is 1. The Morgan fingerprint density at radius 3 is 2.14 bits per heavy atom. The lowest BCUT2D eigenvalue weighted by atomic mass is 9.71. The zero-order chi connectivity index (χ0) is 25.0. The Morgan fingerprint density at radius 2 is 1.51 bits per heavy atom. The SMILES string of the molecule is CC(C)(C)OC(=O)N1CC(Cc2ccccc2)[C@H](c2cccc(-c3ccccc3)c2)[C@@H](C(=O)O)C1. The third-order valence-electron chi connectivity index (χ3n) is 6.50. The smallest absolute Gasteiger partial charge is 0.410 e. The molecule has 5 nitrogen and oxygen atoms in total. The molecule has 3 atom stereocenters. The summed E-state index contributed by atoms with van der Waals surface area (Å²) >= 11 is 0. The van der Waals surface area contributed by atoms with Crippen LogP contribution in [0.5, 0.6) is 0 Å². The van der Waals surface area contributed by atoms with Gasteiger partial charge in [-0.15, -0.1) is 0 Å². The average Bonchev–Trinajstić information content (AvgIpc) is 2.84. The molecular weight excluding hydrogens is 438 g/mol. The molecule has 0 bridgehead atoms. The minimum absolute atomic E-state index is 0.0780. The number of benzene rings is 3. The number of carbonyl (C=O) groups excluding carboxylic acids is 1. The number of nitrogens with zero attached hydrogens (tertiary/aromatic N) is 1. The fraction of sp³-hybridized carbons (Fsp3) is 0.333. The predicted molar refractivity (Wildman–Crippen MR) is 137 cm³/mol. The largest absolute Gasteiger partial charge is 0.481 e. The summed E-state index contributed by atoms with van der Waals surface area (Å²) in [6, 6.07) is 28.3. The molecule has 1 N–H and O–H groups in total. The zero-order valence-electron chi connectivity index (χ0n) is 20.6. The topological polar surface area (TPSA) is 66.8 Å². The third-order valence-corrected chi connectivity index (χ3v) is 6.50. The van der Waals surface area contributed by atoms with Crippen molar-refractivity contribution in [3.05, 3.63) is 96.1 Å². The molecule has 35 heavy (non-hydrogen) atoms. The highest BCUT2D eigenvalue weighted by molar-refractivity contribution is 5.75. The molecule has 1 heterocycles. The van der Waals surface area contributed by atoms with E-state index in [1.165, 1.54) is 0 Å². The summed E-state index contributed by atoms with van der Waals surface area (Å²) in [5.74, 6) is -1.96. The van der Waals surface area contributed by atoms with Gasteiger partial charge in [-0.1, -0.05) is 84.9 Å². The van der Waals surface area contributed by atoms with E-state index in [2.05, 4.69) is 36.4 Å². The van der Waals surface area contributed by atoms with Gasteiger partial charge in [-0.25, -0.2) is 4.79 Å². The second-order valence-corrected chi connectivity index (χ2v) is 10.3. The molecule has 1 fully saturated rings. The zero-order valence-corrected chi connectivity index (χ0v) is 20.6. The van der Waals surface area contributed by atoms with Gasteiger partial charge in [0.25, 0.3) is 0 Å². The maximum absolute atomic E-state index is 13.0. The second kappa shape index (κ2) is 10.3. The van der Waals surface area contributed by atoms with E-state index < -0.39 is 23.6 Å². The van der Waals surface area contributed by atoms with Crippen LogP contribution in [0.15, 0.2) is 84.9 Å². The van der Waals surface area contributed by atoms with Crippen molar-refractivity contribution in [1.29, 1.82) is 0 Å². The van der Waals surface area contributed by atoms with Crippen molar-refractivity contribution in [3.63, 3.8) is 0 Å². The number of amides is 1. The van der Waals surface area contributed by atoms with Gasteiger partial charge >= 0.3 is 12.1 Å². The van der Waals surface area contributed by atoms with Crippen LogP contribution in [0.4, 0.5) is 4.79 Å². The lowest BCUT2D eigenvalue weighted by Crippen LogP contribution is -2.51. The van der Waals surface area contributed by atoms with E-state index in [0.29, 0.717) is 13.0 Å². The second-order valence-electron chi connectivity index (χ2n) is 10.3. The van der Waals surface area contributed by atoms with Gasteiger partial charge in [0.2, 0.25) is 0 Å². The Hall–Kier alpha value is -3.60. The number of ether oxygens (including phenoxy) is 1. The van der Waals surface area contributed by atoms with Gasteiger partial charge in [-0.05, 0) is 55.4 Å². The number of carboxylic acids is 1. The number of piperidine rings is 1. The molecule has 0 radical (unpaired) electrons. The normalized spacial score (nSPS) is 20.3. The molecule has 4 rings (SSSR count). The highest BCUT2D eigenvalue weighted by Gasteiger charge is 2.44. The van der Waals surface area contributed by atoms with Gasteiger partial charge in [0, 0.05) is 19.0 Å². The summed E-state index contributed by atoms with van der Waals surface area (Å²) in [5, 5.41) is 10.3. The molecule has 0 aliphatic carbocycles. The van der Waals surface area contributed by atoms with Crippen LogP contribution >= 0.6 is 0 Å². The molecule has 3 aromatic carbocycles. The molecule has 0 spiro atoms. The molecule has 1 saturated heterocycles. The van der Waals surface area contributed by atoms with Crippen LogP contribution in [0.3, 0.4) is 0 Å². The van der Waals surface area contributed by atoms with E-state index in [4.69, 9.17) is 4.74 Å². The lowest BCUT2D eigenvalue weighted by Gasteiger charge is -2.43. The number of rotatable bonds is 5. The van der Waals surface area contributed by atoms with Crippen molar-refractivity contribution in [2.45, 2.75) is 38.7 Å². The number of hydrogen-bond donors (Lipinski definition) is 1. The van der Waals surface area contributed by atoms with Gasteiger partial charge in [-0.3, -0.25) is 4.79 Å². The molecule has 1 aliphatic heterocycles. The van der Waals surface area contributed by atoms with Crippen LogP contribution in [0.25, 0.3) is 11.1 Å². The fourth-order valence-corrected chi connectivity index (χ4v) is 5.03. The van der Waals surface area contributed by atoms with Crippen molar-refractivity contribution in [1.82, 2.24) is 4.90 Å². The molecule has 0 aromatic heterocycles. The van der Waals surface area contributed by atoms with Crippen LogP contribution < -0.4 is 0 Å². The van der Waals surface area contributed by atoms with Crippen LogP contribution in [0, 0.1) is 11.8 Å². The van der Waals surface area contributed by atoms with Crippen molar-refractivity contribution < 1.29 is 19.4 Å². The number of carboxylic acid groups (broad SMARTS) is 1. The van der Waals surface area contributed by atoms with E-state index in [-0.39, 0.29) is 18.4 Å². The van der Waals surface area contributed by atoms with Gasteiger partial charge in [0.1, 0.15) is 5.60 Å². The van der Waals surface area contributed by atoms with Gasteiger partial charge in [0.15, 0.2) is 0 Å². The van der Waals surface area contributed by atoms with Gasteiger partial charge in [0.05, 0.1) is 5.92 Å². The summed E-state index contributed by atoms with van der Waals surface area (Å²) in [6.45, 7) is 6.03. The summed E-state index contributed by atoms with van der Waals surface area (Å²) in [6.07, 6.45) is 0.211. The van der Waals surface area contributed by atoms with Crippen LogP contribution in [-0.2, 0) is 16.0 Å². The number of aliphatic carboxylic acids is 1. The standard InChI is InChI=1S/C30H33NO4/c1-30(2,3)35-29(34)31-19-25(17-21-11-6-4-7-12-21)27(26(20-31)28(32)33)24-16-10-15-23(18-24)22-13-8-5-9-14-22/h4-16,18,25-27H,17,19-20H2,1-3H3,(H,32,33)/t25?,26-,27-/m0/s1. The minimum Gasteiger partial charge on any atom is -0.481 e. The first-order chi connectivity index (χ1) is 16.7. The molecule has 1 amide bonds. The quantitative estimate of drug-likeness (QED) is 0.478. The minimum atomic E-state index is -0.897. The lowest BCUT2D eigenvalue weighted by molar-refractivity contribution is -0.145. The van der Waals surface area contributed by atoms with Gasteiger partial charge < -0.3 is 14.7 Å². The van der Waals surface area contributed by atoms with E-state index in [0.717, 1.165) is 22.3 Å². The first-order valence-electron chi connectivity index (χ1n) is 12.1. The van der Waals surface area contributed by atoms with Crippen molar-refractivity contribution >= 4 is 12.1 Å². The number of hydrogen-bond acceptors (Lipinski definition) is 3. The van der Waals surface area contributed by atoms with E-state index in [1.807, 2.05) is 69.3 Å². The predicted octanol–water partition coefficient (Wildman–Crippen LogP) is 6.25. The fourth-order valence-electron chi connectivity index (χ4n) is 5.03. The molecule has 5 heteroatoms. The Kier molecular flexibility index (Phi) is 7.25. The molecule has 1 unspecified atom stereocenters. The molecule has 182 valence electrons. The van der Waals surface area contributed by atoms with Crippen LogP contribution in [-0.4, -0.2) is 40.8 Å². The first-order valence-corrected chi connectivity index (χ1v) is 12.1. The highest BCUT2D eigenvalue weighted by atomic mass is 16.6. The summed E-state index contributed by atoms with van der Waals surface area (Å²) in [5.41, 5.74) is 3.61. The van der Waals surface area contributed by atoms with Crippen LogP contribution in [0.2, 0.25) is 0 Å². The highest BCUT2D eigenvalue weighted by Crippen LogP contribution is 2.41. The molecule has 3 aromatic rings. The summed E-state index contributed by atoms with van der Waals surface area (Å²) in [7, 11) is 0. The van der Waals surface area contributed by atoms with Crippen LogP contribution in [0.1, 0.15) is 37.8 Å². The Balaban J connectivity index is 1.72. The van der Waals surface area contributed by atoms with Crippen molar-refractivity contribution in [2.75, 3.05) is 13.1 Å². The Bertz CT molecular complexity index is 1150. The third kappa shape index (κ3) is 6.10. The monoisotopic (exact) mass is 471 g/mol.